The molecule has 0 spiro atoms. The van der Waals surface area contributed by atoms with Crippen LogP contribution in [-0.4, -0.2) is 38.8 Å². The average Bonchev–Trinajstić information content (AvgIpc) is 3.04. The van der Waals surface area contributed by atoms with Crippen LogP contribution >= 0.6 is 15.9 Å². The van der Waals surface area contributed by atoms with Gasteiger partial charge in [0.15, 0.2) is 11.5 Å². The van der Waals surface area contributed by atoms with Crippen LogP contribution in [-0.2, 0) is 4.79 Å². The normalized spacial score (nSPS) is 17.5. The van der Waals surface area contributed by atoms with E-state index in [0.29, 0.717) is 6.54 Å². The minimum Gasteiger partial charge on any atom is -0.354 e. The Morgan fingerprint density at radius 1 is 1.19 bits per heavy atom. The van der Waals surface area contributed by atoms with Gasteiger partial charge in [-0.1, -0.05) is 15.9 Å². The number of amides is 1. The van der Waals surface area contributed by atoms with Crippen molar-refractivity contribution in [2.45, 2.75) is 19.8 Å². The van der Waals surface area contributed by atoms with Crippen molar-refractivity contribution in [1.29, 1.82) is 0 Å². The minimum absolute atomic E-state index is 0.0542. The van der Waals surface area contributed by atoms with Gasteiger partial charge in [-0.25, -0.2) is 0 Å². The Bertz CT molecular complexity index is 939. The third kappa shape index (κ3) is 3.41. The van der Waals surface area contributed by atoms with Gasteiger partial charge in [-0.3, -0.25) is 4.79 Å². The van der Waals surface area contributed by atoms with Crippen LogP contribution in [0.2, 0.25) is 0 Å². The highest BCUT2D eigenvalue weighted by Crippen LogP contribution is 2.23. The Kier molecular flexibility index (Phi) is 4.58. The SMILES string of the molecule is Cc1nnc2ccc(N3CCC[C@@H](C(=O)Nc4ccc(Br)cc4)C3)nn12. The Morgan fingerprint density at radius 3 is 2.81 bits per heavy atom. The van der Waals surface area contributed by atoms with Gasteiger partial charge in [0, 0.05) is 23.2 Å². The van der Waals surface area contributed by atoms with Gasteiger partial charge < -0.3 is 10.2 Å². The second-order valence-corrected chi connectivity index (χ2v) is 7.41. The molecule has 1 aliphatic heterocycles. The predicted octanol–water partition coefficient (Wildman–Crippen LogP) is 3.05. The van der Waals surface area contributed by atoms with Crippen LogP contribution in [0.4, 0.5) is 11.5 Å². The Balaban J connectivity index is 1.48. The van der Waals surface area contributed by atoms with Crippen molar-refractivity contribution in [3.05, 3.63) is 46.7 Å². The monoisotopic (exact) mass is 414 g/mol. The summed E-state index contributed by atoms with van der Waals surface area (Å²) in [5.41, 5.74) is 1.54. The molecule has 2 aromatic heterocycles. The standard InChI is InChI=1S/C18H19BrN6O/c1-12-21-22-16-8-9-17(23-25(12)16)24-10-2-3-13(11-24)18(26)20-15-6-4-14(19)5-7-15/h4-9,13H,2-3,10-11H2,1H3,(H,20,26)/t13-/m1/s1. The van der Waals surface area contributed by atoms with Crippen molar-refractivity contribution in [2.75, 3.05) is 23.3 Å². The smallest absolute Gasteiger partial charge is 0.229 e. The van der Waals surface area contributed by atoms with Gasteiger partial charge in [0.25, 0.3) is 0 Å². The van der Waals surface area contributed by atoms with Gasteiger partial charge in [0.05, 0.1) is 5.92 Å². The number of hydrogen-bond acceptors (Lipinski definition) is 5. The van der Waals surface area contributed by atoms with E-state index in [0.717, 1.165) is 46.8 Å². The first-order chi connectivity index (χ1) is 12.6. The summed E-state index contributed by atoms with van der Waals surface area (Å²) in [6.07, 6.45) is 1.84. The van der Waals surface area contributed by atoms with Crippen molar-refractivity contribution in [2.24, 2.45) is 5.92 Å². The maximum absolute atomic E-state index is 12.7. The molecule has 1 aliphatic rings. The summed E-state index contributed by atoms with van der Waals surface area (Å²) in [5.74, 6) is 1.59. The fraction of sp³-hybridized carbons (Fsp3) is 0.333. The molecule has 3 heterocycles. The molecule has 8 heteroatoms. The molecule has 0 aliphatic carbocycles. The van der Waals surface area contributed by atoms with Gasteiger partial charge in [-0.05, 0) is 56.2 Å². The zero-order chi connectivity index (χ0) is 18.1. The summed E-state index contributed by atoms with van der Waals surface area (Å²) in [5, 5.41) is 15.7. The van der Waals surface area contributed by atoms with Gasteiger partial charge in [-0.2, -0.15) is 4.52 Å². The lowest BCUT2D eigenvalue weighted by atomic mass is 9.97. The summed E-state index contributed by atoms with van der Waals surface area (Å²) in [7, 11) is 0. The van der Waals surface area contributed by atoms with E-state index in [1.807, 2.05) is 43.3 Å². The molecule has 0 saturated carbocycles. The Hall–Kier alpha value is -2.48. The van der Waals surface area contributed by atoms with E-state index < -0.39 is 0 Å². The summed E-state index contributed by atoms with van der Waals surface area (Å²) in [4.78, 5) is 14.8. The number of nitrogens with one attached hydrogen (secondary N) is 1. The van der Waals surface area contributed by atoms with E-state index in [1.54, 1.807) is 4.52 Å². The molecule has 1 aromatic carbocycles. The number of anilines is 2. The summed E-state index contributed by atoms with van der Waals surface area (Å²) in [6, 6.07) is 11.5. The molecular weight excluding hydrogens is 396 g/mol. The van der Waals surface area contributed by atoms with Crippen LogP contribution in [0.1, 0.15) is 18.7 Å². The number of halogens is 1. The number of benzene rings is 1. The third-order valence-corrected chi connectivity index (χ3v) is 5.16. The number of rotatable bonds is 3. The van der Waals surface area contributed by atoms with Crippen LogP contribution in [0.15, 0.2) is 40.9 Å². The van der Waals surface area contributed by atoms with Crippen molar-refractivity contribution in [3.63, 3.8) is 0 Å². The summed E-state index contributed by atoms with van der Waals surface area (Å²) >= 11 is 3.40. The lowest BCUT2D eigenvalue weighted by Gasteiger charge is -2.32. The minimum atomic E-state index is -0.0631. The fourth-order valence-electron chi connectivity index (χ4n) is 3.23. The molecule has 1 amide bonds. The number of carbonyl (C=O) groups excluding carboxylic acids is 1. The highest BCUT2D eigenvalue weighted by molar-refractivity contribution is 9.10. The first-order valence-corrected chi connectivity index (χ1v) is 9.40. The first kappa shape index (κ1) is 17.0. The number of fused-ring (bicyclic) bond motifs is 1. The van der Waals surface area contributed by atoms with E-state index in [4.69, 9.17) is 0 Å². The number of hydrogen-bond donors (Lipinski definition) is 1. The van der Waals surface area contributed by atoms with Crippen LogP contribution in [0, 0.1) is 12.8 Å². The Morgan fingerprint density at radius 2 is 2.00 bits per heavy atom. The molecule has 1 saturated heterocycles. The lowest BCUT2D eigenvalue weighted by molar-refractivity contribution is -0.120. The van der Waals surface area contributed by atoms with Crippen molar-refractivity contribution in [1.82, 2.24) is 19.8 Å². The van der Waals surface area contributed by atoms with E-state index in [2.05, 4.69) is 41.4 Å². The molecule has 7 nitrogen and oxygen atoms in total. The van der Waals surface area contributed by atoms with Crippen LogP contribution < -0.4 is 10.2 Å². The number of aryl methyl sites for hydroxylation is 1. The molecule has 0 bridgehead atoms. The summed E-state index contributed by atoms with van der Waals surface area (Å²) in [6.45, 7) is 3.42. The van der Waals surface area contributed by atoms with Crippen molar-refractivity contribution >= 4 is 39.0 Å². The van der Waals surface area contributed by atoms with E-state index in [1.165, 1.54) is 0 Å². The quantitative estimate of drug-likeness (QED) is 0.712. The van der Waals surface area contributed by atoms with Crippen LogP contribution in [0.3, 0.4) is 0 Å². The fourth-order valence-corrected chi connectivity index (χ4v) is 3.50. The lowest BCUT2D eigenvalue weighted by Crippen LogP contribution is -2.41. The highest BCUT2D eigenvalue weighted by atomic mass is 79.9. The van der Waals surface area contributed by atoms with Gasteiger partial charge in [-0.15, -0.1) is 15.3 Å². The van der Waals surface area contributed by atoms with E-state index in [-0.39, 0.29) is 11.8 Å². The first-order valence-electron chi connectivity index (χ1n) is 8.60. The van der Waals surface area contributed by atoms with E-state index >= 15 is 0 Å². The molecule has 1 fully saturated rings. The highest BCUT2D eigenvalue weighted by Gasteiger charge is 2.27. The molecule has 134 valence electrons. The zero-order valence-electron chi connectivity index (χ0n) is 14.4. The molecule has 1 atom stereocenters. The largest absolute Gasteiger partial charge is 0.354 e. The maximum Gasteiger partial charge on any atom is 0.229 e. The van der Waals surface area contributed by atoms with Gasteiger partial charge in [0.2, 0.25) is 5.91 Å². The molecule has 0 unspecified atom stereocenters. The molecule has 1 N–H and O–H groups in total. The maximum atomic E-state index is 12.7. The third-order valence-electron chi connectivity index (χ3n) is 4.63. The average molecular weight is 415 g/mol. The van der Waals surface area contributed by atoms with Crippen LogP contribution in [0.25, 0.3) is 5.65 Å². The molecular formula is C18H19BrN6O. The second kappa shape index (κ2) is 7.03. The number of carbonyl (C=O) groups is 1. The molecule has 0 radical (unpaired) electrons. The number of aromatic nitrogens is 4. The topological polar surface area (TPSA) is 75.4 Å². The number of piperidine rings is 1. The van der Waals surface area contributed by atoms with Gasteiger partial charge >= 0.3 is 0 Å². The van der Waals surface area contributed by atoms with Crippen molar-refractivity contribution in [3.8, 4) is 0 Å². The zero-order valence-corrected chi connectivity index (χ0v) is 16.0. The molecule has 26 heavy (non-hydrogen) atoms. The predicted molar refractivity (Wildman–Crippen MR) is 103 cm³/mol. The van der Waals surface area contributed by atoms with E-state index in [9.17, 15) is 4.79 Å². The second-order valence-electron chi connectivity index (χ2n) is 6.49. The summed E-state index contributed by atoms with van der Waals surface area (Å²) < 4.78 is 2.73. The Labute approximate surface area is 159 Å². The van der Waals surface area contributed by atoms with Crippen LogP contribution in [0.5, 0.6) is 0 Å². The number of nitrogens with zero attached hydrogens (tertiary/aromatic N) is 5. The molecule has 3 aromatic rings. The molecule has 4 rings (SSSR count). The van der Waals surface area contributed by atoms with Gasteiger partial charge in [0.1, 0.15) is 5.82 Å². The van der Waals surface area contributed by atoms with Crippen molar-refractivity contribution < 1.29 is 4.79 Å².